The Morgan fingerprint density at radius 1 is 1.23 bits per heavy atom. The molecule has 160 valence electrons. The van der Waals surface area contributed by atoms with Gasteiger partial charge in [0.25, 0.3) is 0 Å². The van der Waals surface area contributed by atoms with E-state index in [0.717, 1.165) is 30.6 Å². The summed E-state index contributed by atoms with van der Waals surface area (Å²) in [4.78, 5) is 42.7. The second kappa shape index (κ2) is 6.40. The number of para-hydroxylation sites is 1. The number of carbonyl (C=O) groups excluding carboxylic acids is 2. The Hall–Kier alpha value is -3.20. The molecule has 0 aliphatic carbocycles. The maximum atomic E-state index is 13.9. The number of anilines is 1. The summed E-state index contributed by atoms with van der Waals surface area (Å²) < 4.78 is 0. The molecule has 0 unspecified atom stereocenters. The van der Waals surface area contributed by atoms with Crippen LogP contribution >= 0.6 is 0 Å². The van der Waals surface area contributed by atoms with Crippen LogP contribution in [0.3, 0.4) is 0 Å². The van der Waals surface area contributed by atoms with Crippen molar-refractivity contribution in [2.24, 2.45) is 5.92 Å². The monoisotopic (exact) mass is 421 g/mol. The van der Waals surface area contributed by atoms with E-state index in [1.807, 2.05) is 24.3 Å². The molecule has 31 heavy (non-hydrogen) atoms. The standard InChI is InChI=1S/C22H23N5O4/c28-19(26-9-7-13-17(11-26)24-25-18(13)20(29)30)15-10-12-4-3-8-27(12)22(15)14-5-1-2-6-16(14)23-21(22)31/h1-2,5-6,12,15H,3-4,7-11H2,(H,23,31)(H,24,25)(H,29,30)/t12-,15-,22+/m1/s1. The Kier molecular flexibility index (Phi) is 3.83. The number of carbonyl (C=O) groups is 3. The van der Waals surface area contributed by atoms with Crippen molar-refractivity contribution in [3.05, 3.63) is 46.8 Å². The highest BCUT2D eigenvalue weighted by Gasteiger charge is 2.65. The molecule has 2 saturated heterocycles. The number of aromatic amines is 1. The third-order valence-electron chi connectivity index (χ3n) is 7.52. The highest BCUT2D eigenvalue weighted by Crippen LogP contribution is 2.55. The van der Waals surface area contributed by atoms with Gasteiger partial charge in [-0.05, 0) is 38.3 Å². The van der Waals surface area contributed by atoms with E-state index in [1.54, 1.807) is 4.90 Å². The number of hydrogen-bond donors (Lipinski definition) is 3. The first-order chi connectivity index (χ1) is 15.0. The van der Waals surface area contributed by atoms with Crippen LogP contribution in [0.2, 0.25) is 0 Å². The Labute approximate surface area is 178 Å². The molecule has 2 aromatic rings. The maximum absolute atomic E-state index is 13.9. The number of hydrogen-bond acceptors (Lipinski definition) is 5. The number of benzene rings is 1. The van der Waals surface area contributed by atoms with Crippen molar-refractivity contribution in [3.63, 3.8) is 0 Å². The molecule has 0 bridgehead atoms. The highest BCUT2D eigenvalue weighted by molar-refractivity contribution is 6.09. The van der Waals surface area contributed by atoms with E-state index in [4.69, 9.17) is 0 Å². The molecule has 2 fully saturated rings. The molecule has 2 amide bonds. The van der Waals surface area contributed by atoms with E-state index in [-0.39, 0.29) is 30.1 Å². The highest BCUT2D eigenvalue weighted by atomic mass is 16.4. The number of carboxylic acids is 1. The molecule has 3 atom stereocenters. The fraction of sp³-hybridized carbons (Fsp3) is 0.455. The molecular formula is C22H23N5O4. The van der Waals surface area contributed by atoms with Gasteiger partial charge < -0.3 is 15.3 Å². The van der Waals surface area contributed by atoms with Crippen molar-refractivity contribution in [3.8, 4) is 0 Å². The normalized spacial score (nSPS) is 29.0. The summed E-state index contributed by atoms with van der Waals surface area (Å²) in [5, 5.41) is 19.1. The van der Waals surface area contributed by atoms with E-state index < -0.39 is 17.4 Å². The zero-order chi connectivity index (χ0) is 21.3. The number of nitrogens with one attached hydrogen (secondary N) is 2. The summed E-state index contributed by atoms with van der Waals surface area (Å²) in [5.74, 6) is -1.68. The molecule has 1 aromatic carbocycles. The Morgan fingerprint density at radius 3 is 2.90 bits per heavy atom. The molecule has 9 nitrogen and oxygen atoms in total. The molecule has 9 heteroatoms. The third-order valence-corrected chi connectivity index (χ3v) is 7.52. The van der Waals surface area contributed by atoms with E-state index >= 15 is 0 Å². The summed E-state index contributed by atoms with van der Waals surface area (Å²) in [7, 11) is 0. The minimum absolute atomic E-state index is 0.0316. The lowest BCUT2D eigenvalue weighted by Crippen LogP contribution is -2.55. The molecule has 1 spiro atoms. The second-order valence-electron chi connectivity index (χ2n) is 8.89. The largest absolute Gasteiger partial charge is 0.476 e. The fourth-order valence-corrected chi connectivity index (χ4v) is 6.27. The first-order valence-corrected chi connectivity index (χ1v) is 10.8. The van der Waals surface area contributed by atoms with E-state index in [2.05, 4.69) is 20.4 Å². The van der Waals surface area contributed by atoms with E-state index in [0.29, 0.717) is 30.6 Å². The number of aromatic carboxylic acids is 1. The first-order valence-electron chi connectivity index (χ1n) is 10.8. The number of fused-ring (bicyclic) bond motifs is 5. The van der Waals surface area contributed by atoms with Crippen LogP contribution in [0.25, 0.3) is 0 Å². The van der Waals surface area contributed by atoms with Gasteiger partial charge in [0.2, 0.25) is 11.8 Å². The topological polar surface area (TPSA) is 119 Å². The second-order valence-corrected chi connectivity index (χ2v) is 8.89. The van der Waals surface area contributed by atoms with Gasteiger partial charge in [0.05, 0.1) is 18.2 Å². The number of aromatic nitrogens is 2. The molecule has 5 heterocycles. The van der Waals surface area contributed by atoms with Crippen LogP contribution in [0.5, 0.6) is 0 Å². The van der Waals surface area contributed by atoms with Crippen molar-refractivity contribution in [1.29, 1.82) is 0 Å². The van der Waals surface area contributed by atoms with Crippen LogP contribution in [0.4, 0.5) is 5.69 Å². The van der Waals surface area contributed by atoms with E-state index in [1.165, 1.54) is 0 Å². The van der Waals surface area contributed by atoms with Crippen LogP contribution in [-0.2, 0) is 28.1 Å². The van der Waals surface area contributed by atoms with E-state index in [9.17, 15) is 19.5 Å². The van der Waals surface area contributed by atoms with Crippen LogP contribution < -0.4 is 5.32 Å². The number of nitrogens with zero attached hydrogens (tertiary/aromatic N) is 3. The molecule has 0 saturated carbocycles. The lowest BCUT2D eigenvalue weighted by Gasteiger charge is -2.39. The summed E-state index contributed by atoms with van der Waals surface area (Å²) >= 11 is 0. The molecule has 1 aromatic heterocycles. The van der Waals surface area contributed by atoms with Gasteiger partial charge in [-0.3, -0.25) is 19.6 Å². The van der Waals surface area contributed by atoms with Crippen molar-refractivity contribution in [2.75, 3.05) is 18.4 Å². The van der Waals surface area contributed by atoms with Crippen molar-refractivity contribution in [1.82, 2.24) is 20.0 Å². The minimum atomic E-state index is -1.06. The van der Waals surface area contributed by atoms with Crippen LogP contribution in [0.1, 0.15) is 46.6 Å². The van der Waals surface area contributed by atoms with Crippen molar-refractivity contribution in [2.45, 2.75) is 43.8 Å². The summed E-state index contributed by atoms with van der Waals surface area (Å²) in [6.45, 7) is 1.52. The lowest BCUT2D eigenvalue weighted by molar-refractivity contribution is -0.145. The lowest BCUT2D eigenvalue weighted by atomic mass is 9.77. The first kappa shape index (κ1) is 18.6. The molecule has 3 N–H and O–H groups in total. The van der Waals surface area contributed by atoms with Crippen molar-refractivity contribution < 1.29 is 19.5 Å². The molecular weight excluding hydrogens is 398 g/mol. The minimum Gasteiger partial charge on any atom is -0.476 e. The number of H-pyrrole nitrogens is 1. The maximum Gasteiger partial charge on any atom is 0.356 e. The zero-order valence-electron chi connectivity index (χ0n) is 16.9. The molecule has 0 radical (unpaired) electrons. The van der Waals surface area contributed by atoms with Crippen LogP contribution in [0, 0.1) is 5.92 Å². The van der Waals surface area contributed by atoms with Gasteiger partial charge in [-0.25, -0.2) is 4.79 Å². The summed E-state index contributed by atoms with van der Waals surface area (Å²) in [6, 6.07) is 7.92. The number of carboxylic acid groups (broad SMARTS) is 1. The van der Waals surface area contributed by atoms with Gasteiger partial charge in [-0.1, -0.05) is 18.2 Å². The smallest absolute Gasteiger partial charge is 0.356 e. The third kappa shape index (κ3) is 2.35. The Balaban J connectivity index is 1.38. The molecule has 4 aliphatic rings. The summed E-state index contributed by atoms with van der Waals surface area (Å²) in [5.41, 5.74) is 2.09. The fourth-order valence-electron chi connectivity index (χ4n) is 6.27. The quantitative estimate of drug-likeness (QED) is 0.673. The molecule has 4 aliphatic heterocycles. The van der Waals surface area contributed by atoms with Gasteiger partial charge in [0.1, 0.15) is 5.54 Å². The predicted octanol–water partition coefficient (Wildman–Crippen LogP) is 1.32. The Morgan fingerprint density at radius 2 is 2.06 bits per heavy atom. The van der Waals surface area contributed by atoms with Crippen molar-refractivity contribution >= 4 is 23.5 Å². The Bertz CT molecular complexity index is 1130. The zero-order valence-corrected chi connectivity index (χ0v) is 16.9. The van der Waals surface area contributed by atoms with Gasteiger partial charge >= 0.3 is 5.97 Å². The van der Waals surface area contributed by atoms with Gasteiger partial charge in [0, 0.05) is 29.4 Å². The van der Waals surface area contributed by atoms with Gasteiger partial charge in [0.15, 0.2) is 5.69 Å². The average Bonchev–Trinajstić information content (AvgIpc) is 3.51. The van der Waals surface area contributed by atoms with Crippen LogP contribution in [-0.4, -0.2) is 62.0 Å². The van der Waals surface area contributed by atoms with Gasteiger partial charge in [-0.15, -0.1) is 0 Å². The average molecular weight is 421 g/mol. The number of amides is 2. The molecule has 6 rings (SSSR count). The SMILES string of the molecule is O=C(O)c1n[nH]c2c1CCN(C(=O)[C@H]1C[C@H]3CCCN3[C@]13C(=O)Nc1ccccc13)C2. The number of rotatable bonds is 2. The van der Waals surface area contributed by atoms with Gasteiger partial charge in [-0.2, -0.15) is 5.10 Å². The predicted molar refractivity (Wildman–Crippen MR) is 109 cm³/mol. The summed E-state index contributed by atoms with van der Waals surface area (Å²) in [6.07, 6.45) is 3.12. The van der Waals surface area contributed by atoms with Crippen LogP contribution in [0.15, 0.2) is 24.3 Å².